The first-order chi connectivity index (χ1) is 12.2. The molecule has 1 aromatic heterocycles. The van der Waals surface area contributed by atoms with Crippen molar-refractivity contribution in [2.75, 3.05) is 11.9 Å². The number of fused-ring (bicyclic) bond motifs is 1. The second-order valence-corrected chi connectivity index (χ2v) is 6.04. The van der Waals surface area contributed by atoms with Gasteiger partial charge in [-0.25, -0.2) is 9.18 Å². The van der Waals surface area contributed by atoms with Crippen LogP contribution in [0.5, 0.6) is 0 Å². The highest BCUT2D eigenvalue weighted by Gasteiger charge is 2.33. The third-order valence-electron chi connectivity index (χ3n) is 4.52. The smallest absolute Gasteiger partial charge is 0.322 e. The predicted octanol–water partition coefficient (Wildman–Crippen LogP) is 4.26. The molecule has 0 spiro atoms. The number of nitrogens with zero attached hydrogens (tertiary/aromatic N) is 2. The molecule has 0 bridgehead atoms. The van der Waals surface area contributed by atoms with Gasteiger partial charge in [0.2, 0.25) is 0 Å². The molecule has 2 heterocycles. The number of aromatic nitrogens is 1. The van der Waals surface area contributed by atoms with Crippen LogP contribution in [0.3, 0.4) is 0 Å². The van der Waals surface area contributed by atoms with E-state index in [0.717, 1.165) is 11.4 Å². The normalized spacial score (nSPS) is 16.4. The SMILES string of the molecule is O=C(Nc1ccccc1)N1CCn2cccc2C1c1ccccc1F. The van der Waals surface area contributed by atoms with Gasteiger partial charge in [0, 0.05) is 36.2 Å². The number of carbonyl (C=O) groups excluding carboxylic acids is 1. The summed E-state index contributed by atoms with van der Waals surface area (Å²) in [7, 11) is 0. The van der Waals surface area contributed by atoms with Crippen LogP contribution < -0.4 is 5.32 Å². The van der Waals surface area contributed by atoms with Crippen molar-refractivity contribution in [3.8, 4) is 0 Å². The summed E-state index contributed by atoms with van der Waals surface area (Å²) in [5.41, 5.74) is 2.14. The summed E-state index contributed by atoms with van der Waals surface area (Å²) in [4.78, 5) is 14.6. The molecule has 1 atom stereocenters. The fourth-order valence-electron chi connectivity index (χ4n) is 3.34. The van der Waals surface area contributed by atoms with Crippen molar-refractivity contribution in [1.29, 1.82) is 0 Å². The molecule has 3 aromatic rings. The summed E-state index contributed by atoms with van der Waals surface area (Å²) < 4.78 is 16.5. The van der Waals surface area contributed by atoms with Gasteiger partial charge in [-0.3, -0.25) is 0 Å². The third-order valence-corrected chi connectivity index (χ3v) is 4.52. The Bertz CT molecular complexity index is 891. The number of anilines is 1. The average Bonchev–Trinajstić information content (AvgIpc) is 3.11. The molecule has 1 unspecified atom stereocenters. The number of hydrogen-bond acceptors (Lipinski definition) is 1. The van der Waals surface area contributed by atoms with Crippen LogP contribution in [0.1, 0.15) is 17.3 Å². The minimum atomic E-state index is -0.450. The Morgan fingerprint density at radius 1 is 0.960 bits per heavy atom. The standard InChI is InChI=1S/C20H18FN3O/c21-17-10-5-4-9-16(17)19-18-11-6-12-23(18)13-14-24(19)20(25)22-15-7-2-1-3-8-15/h1-12,19H,13-14H2,(H,22,25). The van der Waals surface area contributed by atoms with Crippen LogP contribution in [0.4, 0.5) is 14.9 Å². The number of carbonyl (C=O) groups is 1. The number of halogens is 1. The van der Waals surface area contributed by atoms with Crippen molar-refractivity contribution in [1.82, 2.24) is 9.47 Å². The predicted molar refractivity (Wildman–Crippen MR) is 94.8 cm³/mol. The lowest BCUT2D eigenvalue weighted by Gasteiger charge is -2.37. The molecule has 0 aliphatic carbocycles. The number of benzene rings is 2. The van der Waals surface area contributed by atoms with E-state index in [2.05, 4.69) is 9.88 Å². The second-order valence-electron chi connectivity index (χ2n) is 6.04. The van der Waals surface area contributed by atoms with E-state index in [4.69, 9.17) is 0 Å². The molecule has 2 amide bonds. The summed E-state index contributed by atoms with van der Waals surface area (Å²) in [6.07, 6.45) is 1.97. The van der Waals surface area contributed by atoms with Gasteiger partial charge in [-0.1, -0.05) is 36.4 Å². The number of amides is 2. The molecule has 2 aromatic carbocycles. The summed E-state index contributed by atoms with van der Waals surface area (Å²) in [5.74, 6) is -0.306. The Balaban J connectivity index is 1.71. The number of nitrogens with one attached hydrogen (secondary N) is 1. The average molecular weight is 335 g/mol. The summed E-state index contributed by atoms with van der Waals surface area (Å²) in [5, 5.41) is 2.91. The van der Waals surface area contributed by atoms with Crippen molar-refractivity contribution in [2.45, 2.75) is 12.6 Å². The molecule has 1 aliphatic rings. The molecule has 0 saturated carbocycles. The van der Waals surface area contributed by atoms with Crippen molar-refractivity contribution >= 4 is 11.7 Å². The van der Waals surface area contributed by atoms with E-state index < -0.39 is 6.04 Å². The fourth-order valence-corrected chi connectivity index (χ4v) is 3.34. The van der Waals surface area contributed by atoms with Gasteiger partial charge in [0.25, 0.3) is 0 Å². The van der Waals surface area contributed by atoms with Crippen molar-refractivity contribution in [3.63, 3.8) is 0 Å². The second kappa shape index (κ2) is 6.43. The Labute approximate surface area is 145 Å². The van der Waals surface area contributed by atoms with Crippen LogP contribution in [0.15, 0.2) is 72.9 Å². The first-order valence-corrected chi connectivity index (χ1v) is 8.26. The Morgan fingerprint density at radius 3 is 2.52 bits per heavy atom. The quantitative estimate of drug-likeness (QED) is 0.746. The van der Waals surface area contributed by atoms with Gasteiger partial charge in [-0.05, 0) is 30.3 Å². The van der Waals surface area contributed by atoms with Gasteiger partial charge in [-0.15, -0.1) is 0 Å². The number of urea groups is 1. The van der Waals surface area contributed by atoms with Crippen molar-refractivity contribution in [2.24, 2.45) is 0 Å². The Morgan fingerprint density at radius 2 is 1.72 bits per heavy atom. The van der Waals surface area contributed by atoms with Gasteiger partial charge in [0.1, 0.15) is 11.9 Å². The van der Waals surface area contributed by atoms with E-state index in [-0.39, 0.29) is 11.8 Å². The van der Waals surface area contributed by atoms with Crippen LogP contribution in [-0.2, 0) is 6.54 Å². The summed E-state index contributed by atoms with van der Waals surface area (Å²) >= 11 is 0. The van der Waals surface area contributed by atoms with Gasteiger partial charge < -0.3 is 14.8 Å². The van der Waals surface area contributed by atoms with Gasteiger partial charge in [0.05, 0.1) is 0 Å². The molecule has 1 aliphatic heterocycles. The zero-order valence-electron chi connectivity index (χ0n) is 13.6. The molecule has 25 heavy (non-hydrogen) atoms. The van der Waals surface area contributed by atoms with Crippen LogP contribution in [0.2, 0.25) is 0 Å². The first-order valence-electron chi connectivity index (χ1n) is 8.26. The molecule has 5 heteroatoms. The van der Waals surface area contributed by atoms with Crippen molar-refractivity contribution in [3.05, 3.63) is 90.0 Å². The largest absolute Gasteiger partial charge is 0.348 e. The fraction of sp³-hybridized carbons (Fsp3) is 0.150. The molecule has 4 nitrogen and oxygen atoms in total. The zero-order chi connectivity index (χ0) is 17.2. The number of para-hydroxylation sites is 1. The maximum atomic E-state index is 14.5. The van der Waals surface area contributed by atoms with Crippen molar-refractivity contribution < 1.29 is 9.18 Å². The highest BCUT2D eigenvalue weighted by Crippen LogP contribution is 2.34. The first kappa shape index (κ1) is 15.4. The molecular formula is C20H18FN3O. The third kappa shape index (κ3) is 2.89. The number of hydrogen-bond donors (Lipinski definition) is 1. The molecular weight excluding hydrogens is 317 g/mol. The van der Waals surface area contributed by atoms with E-state index in [0.29, 0.717) is 18.7 Å². The lowest BCUT2D eigenvalue weighted by molar-refractivity contribution is 0.180. The summed E-state index contributed by atoms with van der Waals surface area (Å²) in [6.45, 7) is 1.20. The lowest BCUT2D eigenvalue weighted by Crippen LogP contribution is -2.44. The van der Waals surface area contributed by atoms with E-state index in [1.54, 1.807) is 23.1 Å². The van der Waals surface area contributed by atoms with E-state index in [1.165, 1.54) is 6.07 Å². The van der Waals surface area contributed by atoms with Gasteiger partial charge in [0.15, 0.2) is 0 Å². The maximum Gasteiger partial charge on any atom is 0.322 e. The van der Waals surface area contributed by atoms with Crippen LogP contribution >= 0.6 is 0 Å². The highest BCUT2D eigenvalue weighted by molar-refractivity contribution is 5.90. The zero-order valence-corrected chi connectivity index (χ0v) is 13.6. The molecule has 0 fully saturated rings. The van der Waals surface area contributed by atoms with Gasteiger partial charge in [-0.2, -0.15) is 0 Å². The monoisotopic (exact) mass is 335 g/mol. The topological polar surface area (TPSA) is 37.3 Å². The van der Waals surface area contributed by atoms with Crippen LogP contribution in [-0.4, -0.2) is 22.0 Å². The van der Waals surface area contributed by atoms with E-state index >= 15 is 0 Å². The Kier molecular flexibility index (Phi) is 3.98. The Hall–Kier alpha value is -3.08. The number of rotatable bonds is 2. The molecule has 0 radical (unpaired) electrons. The maximum absolute atomic E-state index is 14.5. The molecule has 4 rings (SSSR count). The molecule has 0 saturated heterocycles. The van der Waals surface area contributed by atoms with Gasteiger partial charge >= 0.3 is 6.03 Å². The minimum Gasteiger partial charge on any atom is -0.348 e. The minimum absolute atomic E-state index is 0.230. The molecule has 126 valence electrons. The lowest BCUT2D eigenvalue weighted by atomic mass is 9.99. The van der Waals surface area contributed by atoms with Crippen LogP contribution in [0, 0.1) is 5.82 Å². The highest BCUT2D eigenvalue weighted by atomic mass is 19.1. The van der Waals surface area contributed by atoms with E-state index in [1.807, 2.05) is 48.7 Å². The molecule has 1 N–H and O–H groups in total. The van der Waals surface area contributed by atoms with Crippen LogP contribution in [0.25, 0.3) is 0 Å². The summed E-state index contributed by atoms with van der Waals surface area (Å²) in [6, 6.07) is 19.1. The van der Waals surface area contributed by atoms with E-state index in [9.17, 15) is 9.18 Å².